The van der Waals surface area contributed by atoms with Gasteiger partial charge in [0.2, 0.25) is 0 Å². The van der Waals surface area contributed by atoms with E-state index in [4.69, 9.17) is 10.5 Å². The molecule has 1 rings (SSSR count). The molecule has 0 spiro atoms. The highest BCUT2D eigenvalue weighted by Crippen LogP contribution is 2.13. The molecule has 0 saturated heterocycles. The molecule has 16 heavy (non-hydrogen) atoms. The standard InChI is InChI=1S/C11H14N2O3/c1-7(2)16-9-5-3-8(4-6-9)10(14)13-11(12)15/h3-7H,1-2H3,(H3,12,13,14,15). The zero-order valence-electron chi connectivity index (χ0n) is 9.19. The second-order valence-electron chi connectivity index (χ2n) is 3.51. The first-order chi connectivity index (χ1) is 7.49. The van der Waals surface area contributed by atoms with E-state index in [1.165, 1.54) is 0 Å². The van der Waals surface area contributed by atoms with Crippen LogP contribution in [0.15, 0.2) is 24.3 Å². The van der Waals surface area contributed by atoms with Crippen molar-refractivity contribution >= 4 is 11.9 Å². The number of imide groups is 1. The Morgan fingerprint density at radius 3 is 2.25 bits per heavy atom. The predicted octanol–water partition coefficient (Wildman–Crippen LogP) is 1.28. The zero-order valence-corrected chi connectivity index (χ0v) is 9.19. The highest BCUT2D eigenvalue weighted by atomic mass is 16.5. The van der Waals surface area contributed by atoms with E-state index in [1.807, 2.05) is 19.2 Å². The molecular formula is C11H14N2O3. The van der Waals surface area contributed by atoms with Crippen LogP contribution in [-0.2, 0) is 0 Å². The summed E-state index contributed by atoms with van der Waals surface area (Å²) in [5.41, 5.74) is 5.19. The lowest BCUT2D eigenvalue weighted by molar-refractivity contribution is 0.0966. The average molecular weight is 222 g/mol. The highest BCUT2D eigenvalue weighted by molar-refractivity contribution is 6.03. The van der Waals surface area contributed by atoms with E-state index in [-0.39, 0.29) is 6.10 Å². The van der Waals surface area contributed by atoms with Gasteiger partial charge in [0, 0.05) is 5.56 Å². The van der Waals surface area contributed by atoms with Gasteiger partial charge in [-0.1, -0.05) is 0 Å². The van der Waals surface area contributed by atoms with Crippen LogP contribution in [-0.4, -0.2) is 18.0 Å². The van der Waals surface area contributed by atoms with E-state index in [2.05, 4.69) is 0 Å². The summed E-state index contributed by atoms with van der Waals surface area (Å²) >= 11 is 0. The number of rotatable bonds is 3. The molecule has 0 aliphatic carbocycles. The van der Waals surface area contributed by atoms with Crippen molar-refractivity contribution in [2.45, 2.75) is 20.0 Å². The molecule has 1 aromatic carbocycles. The Morgan fingerprint density at radius 1 is 1.25 bits per heavy atom. The minimum atomic E-state index is -0.868. The molecule has 5 nitrogen and oxygen atoms in total. The van der Waals surface area contributed by atoms with Crippen LogP contribution in [0.4, 0.5) is 4.79 Å². The van der Waals surface area contributed by atoms with Gasteiger partial charge in [-0.05, 0) is 38.1 Å². The van der Waals surface area contributed by atoms with Crippen LogP contribution in [0.2, 0.25) is 0 Å². The number of primary amides is 1. The zero-order chi connectivity index (χ0) is 12.1. The number of urea groups is 1. The number of carbonyl (C=O) groups is 2. The molecule has 0 atom stereocenters. The van der Waals surface area contributed by atoms with E-state index in [0.717, 1.165) is 0 Å². The number of ether oxygens (including phenoxy) is 1. The quantitative estimate of drug-likeness (QED) is 0.808. The summed E-state index contributed by atoms with van der Waals surface area (Å²) in [5, 5.41) is 1.98. The van der Waals surface area contributed by atoms with Crippen molar-refractivity contribution in [3.8, 4) is 5.75 Å². The van der Waals surface area contributed by atoms with Gasteiger partial charge in [0.25, 0.3) is 5.91 Å². The fourth-order valence-corrected chi connectivity index (χ4v) is 1.14. The molecule has 0 heterocycles. The second kappa shape index (κ2) is 5.16. The topological polar surface area (TPSA) is 81.4 Å². The summed E-state index contributed by atoms with van der Waals surface area (Å²) < 4.78 is 5.41. The molecule has 0 bridgehead atoms. The molecule has 0 aliphatic rings. The Labute approximate surface area is 93.6 Å². The van der Waals surface area contributed by atoms with E-state index in [1.54, 1.807) is 24.3 Å². The first kappa shape index (κ1) is 12.0. The Morgan fingerprint density at radius 2 is 1.81 bits per heavy atom. The normalized spacial score (nSPS) is 9.94. The third-order valence-corrected chi connectivity index (χ3v) is 1.73. The Kier molecular flexibility index (Phi) is 3.88. The molecule has 5 heteroatoms. The van der Waals surface area contributed by atoms with E-state index in [0.29, 0.717) is 11.3 Å². The van der Waals surface area contributed by atoms with Crippen molar-refractivity contribution in [1.29, 1.82) is 0 Å². The minimum absolute atomic E-state index is 0.0743. The first-order valence-electron chi connectivity index (χ1n) is 4.86. The summed E-state index contributed by atoms with van der Waals surface area (Å²) in [6, 6.07) is 5.59. The van der Waals surface area contributed by atoms with Crippen LogP contribution >= 0.6 is 0 Å². The van der Waals surface area contributed by atoms with Crippen LogP contribution < -0.4 is 15.8 Å². The molecule has 0 saturated carbocycles. The number of amides is 3. The maximum absolute atomic E-state index is 11.3. The maximum atomic E-state index is 11.3. The molecule has 0 radical (unpaired) electrons. The molecule has 0 aliphatic heterocycles. The van der Waals surface area contributed by atoms with Gasteiger partial charge >= 0.3 is 6.03 Å². The fourth-order valence-electron chi connectivity index (χ4n) is 1.14. The fraction of sp³-hybridized carbons (Fsp3) is 0.273. The van der Waals surface area contributed by atoms with Crippen molar-refractivity contribution in [3.63, 3.8) is 0 Å². The van der Waals surface area contributed by atoms with Gasteiger partial charge in [0.05, 0.1) is 6.10 Å². The van der Waals surface area contributed by atoms with Crippen LogP contribution in [0.3, 0.4) is 0 Å². The number of carbonyl (C=O) groups excluding carboxylic acids is 2. The third-order valence-electron chi connectivity index (χ3n) is 1.73. The van der Waals surface area contributed by atoms with Crippen molar-refractivity contribution in [2.75, 3.05) is 0 Å². The number of nitrogens with two attached hydrogens (primary N) is 1. The lowest BCUT2D eigenvalue weighted by Gasteiger charge is -2.09. The molecular weight excluding hydrogens is 208 g/mol. The molecule has 86 valence electrons. The Balaban J connectivity index is 2.71. The monoisotopic (exact) mass is 222 g/mol. The Bertz CT molecular complexity index is 385. The SMILES string of the molecule is CC(C)Oc1ccc(C(=O)NC(N)=O)cc1. The lowest BCUT2D eigenvalue weighted by atomic mass is 10.2. The molecule has 0 aromatic heterocycles. The lowest BCUT2D eigenvalue weighted by Crippen LogP contribution is -2.34. The van der Waals surface area contributed by atoms with Gasteiger partial charge in [-0.3, -0.25) is 10.1 Å². The molecule has 3 N–H and O–H groups in total. The van der Waals surface area contributed by atoms with E-state index < -0.39 is 11.9 Å². The number of hydrogen-bond acceptors (Lipinski definition) is 3. The Hall–Kier alpha value is -2.04. The summed E-state index contributed by atoms with van der Waals surface area (Å²) in [5.74, 6) is 0.147. The van der Waals surface area contributed by atoms with Crippen molar-refractivity contribution in [1.82, 2.24) is 5.32 Å². The van der Waals surface area contributed by atoms with Gasteiger partial charge in [0.15, 0.2) is 0 Å². The van der Waals surface area contributed by atoms with Crippen LogP contribution in [0.1, 0.15) is 24.2 Å². The highest BCUT2D eigenvalue weighted by Gasteiger charge is 2.07. The van der Waals surface area contributed by atoms with Crippen LogP contribution in [0.5, 0.6) is 5.75 Å². The molecule has 3 amide bonds. The molecule has 1 aromatic rings. The van der Waals surface area contributed by atoms with Gasteiger partial charge in [-0.25, -0.2) is 4.79 Å². The third kappa shape index (κ3) is 3.61. The predicted molar refractivity (Wildman–Crippen MR) is 59.3 cm³/mol. The summed E-state index contributed by atoms with van der Waals surface area (Å²) in [6.07, 6.45) is 0.0743. The van der Waals surface area contributed by atoms with Crippen molar-refractivity contribution < 1.29 is 14.3 Å². The minimum Gasteiger partial charge on any atom is -0.491 e. The van der Waals surface area contributed by atoms with Gasteiger partial charge in [-0.15, -0.1) is 0 Å². The largest absolute Gasteiger partial charge is 0.491 e. The molecule has 0 unspecified atom stereocenters. The van der Waals surface area contributed by atoms with Gasteiger partial charge in [0.1, 0.15) is 5.75 Å². The average Bonchev–Trinajstić information content (AvgIpc) is 2.16. The van der Waals surface area contributed by atoms with Crippen molar-refractivity contribution in [3.05, 3.63) is 29.8 Å². The van der Waals surface area contributed by atoms with E-state index in [9.17, 15) is 9.59 Å². The van der Waals surface area contributed by atoms with E-state index >= 15 is 0 Å². The first-order valence-corrected chi connectivity index (χ1v) is 4.86. The molecule has 0 fully saturated rings. The summed E-state index contributed by atoms with van der Waals surface area (Å²) in [4.78, 5) is 21.8. The number of hydrogen-bond donors (Lipinski definition) is 2. The number of benzene rings is 1. The van der Waals surface area contributed by atoms with Crippen LogP contribution in [0, 0.1) is 0 Å². The van der Waals surface area contributed by atoms with Gasteiger partial charge in [-0.2, -0.15) is 0 Å². The van der Waals surface area contributed by atoms with Crippen LogP contribution in [0.25, 0.3) is 0 Å². The second-order valence-corrected chi connectivity index (χ2v) is 3.51. The smallest absolute Gasteiger partial charge is 0.319 e. The maximum Gasteiger partial charge on any atom is 0.319 e. The number of nitrogens with one attached hydrogen (secondary N) is 1. The summed E-state index contributed by atoms with van der Waals surface area (Å²) in [6.45, 7) is 3.82. The summed E-state index contributed by atoms with van der Waals surface area (Å²) in [7, 11) is 0. The van der Waals surface area contributed by atoms with Gasteiger partial charge < -0.3 is 10.5 Å². The van der Waals surface area contributed by atoms with Crippen molar-refractivity contribution in [2.24, 2.45) is 5.73 Å².